The van der Waals surface area contributed by atoms with Crippen LogP contribution < -0.4 is 15.6 Å². The van der Waals surface area contributed by atoms with Gasteiger partial charge in [-0.3, -0.25) is 14.3 Å². The second kappa shape index (κ2) is 7.20. The Balaban J connectivity index is 1.54. The number of pyridine rings is 1. The molecule has 2 fully saturated rings. The molecule has 2 bridgehead atoms. The third kappa shape index (κ3) is 3.39. The van der Waals surface area contributed by atoms with E-state index < -0.39 is 5.91 Å². The fraction of sp³-hybridized carbons (Fsp3) is 0.458. The molecule has 2 atom stereocenters. The zero-order chi connectivity index (χ0) is 22.7. The number of carbonyl (C=O) groups is 1. The van der Waals surface area contributed by atoms with Gasteiger partial charge in [0.2, 0.25) is 0 Å². The Hall–Kier alpha value is -3.13. The average Bonchev–Trinajstić information content (AvgIpc) is 3.41. The summed E-state index contributed by atoms with van der Waals surface area (Å²) in [4.78, 5) is 25.5. The molecule has 2 unspecified atom stereocenters. The Labute approximate surface area is 186 Å². The molecule has 8 heteroatoms. The molecular weight excluding hydrogens is 408 g/mol. The van der Waals surface area contributed by atoms with Crippen LogP contribution in [0.1, 0.15) is 50.4 Å². The molecule has 1 saturated carbocycles. The van der Waals surface area contributed by atoms with Crippen molar-refractivity contribution in [2.75, 3.05) is 11.9 Å². The van der Waals surface area contributed by atoms with E-state index in [9.17, 15) is 9.59 Å². The van der Waals surface area contributed by atoms with Crippen LogP contribution in [-0.2, 0) is 17.3 Å². The summed E-state index contributed by atoms with van der Waals surface area (Å²) in [7, 11) is 1.64. The zero-order valence-electron chi connectivity index (χ0n) is 18.8. The molecule has 5 rings (SSSR count). The van der Waals surface area contributed by atoms with Gasteiger partial charge in [0.25, 0.3) is 11.5 Å². The number of amides is 1. The normalized spacial score (nSPS) is 24.4. The first-order valence-corrected chi connectivity index (χ1v) is 11.0. The second-order valence-corrected chi connectivity index (χ2v) is 9.58. The van der Waals surface area contributed by atoms with Crippen molar-refractivity contribution >= 4 is 22.5 Å². The van der Waals surface area contributed by atoms with Gasteiger partial charge in [-0.25, -0.2) is 0 Å². The molecule has 32 heavy (non-hydrogen) atoms. The number of nitrogens with one attached hydrogen (secondary N) is 1. The summed E-state index contributed by atoms with van der Waals surface area (Å²) in [5, 5.41) is 8.43. The van der Waals surface area contributed by atoms with Crippen LogP contribution in [-0.4, -0.2) is 38.6 Å². The minimum Gasteiger partial charge on any atom is -0.490 e. The van der Waals surface area contributed by atoms with Crippen LogP contribution in [0.3, 0.4) is 0 Å². The van der Waals surface area contributed by atoms with Crippen LogP contribution in [0.4, 0.5) is 5.69 Å². The van der Waals surface area contributed by atoms with Crippen molar-refractivity contribution in [3.8, 4) is 5.75 Å². The molecule has 168 valence electrons. The predicted octanol–water partition coefficient (Wildman–Crippen LogP) is 3.44. The maximum absolute atomic E-state index is 13.2. The highest BCUT2D eigenvalue weighted by Gasteiger charge is 2.54. The maximum Gasteiger partial charge on any atom is 0.274 e. The smallest absolute Gasteiger partial charge is 0.274 e. The van der Waals surface area contributed by atoms with Crippen molar-refractivity contribution in [1.82, 2.24) is 14.3 Å². The van der Waals surface area contributed by atoms with Gasteiger partial charge < -0.3 is 19.4 Å². The van der Waals surface area contributed by atoms with Crippen LogP contribution >= 0.6 is 0 Å². The molecule has 2 aliphatic rings. The summed E-state index contributed by atoms with van der Waals surface area (Å²) in [5.41, 5.74) is 0.877. The lowest BCUT2D eigenvalue weighted by molar-refractivity contribution is -0.0149. The highest BCUT2D eigenvalue weighted by molar-refractivity contribution is 6.08. The number of rotatable bonds is 5. The van der Waals surface area contributed by atoms with E-state index in [1.165, 1.54) is 4.57 Å². The Morgan fingerprint density at radius 1 is 1.31 bits per heavy atom. The Kier molecular flexibility index (Phi) is 4.67. The van der Waals surface area contributed by atoms with Gasteiger partial charge in [-0.05, 0) is 51.8 Å². The number of ether oxygens (including phenoxy) is 2. The molecule has 1 N–H and O–H groups in total. The quantitative estimate of drug-likeness (QED) is 0.662. The Morgan fingerprint density at radius 3 is 2.78 bits per heavy atom. The SMILES string of the molecule is CC(C)Oc1cc2nn(C34CCC(C)(C3)OC4)cc2cc1C(=O)Nc1cccn(C)c1=O. The van der Waals surface area contributed by atoms with E-state index in [2.05, 4.69) is 12.2 Å². The summed E-state index contributed by atoms with van der Waals surface area (Å²) in [6.07, 6.45) is 6.50. The predicted molar refractivity (Wildman–Crippen MR) is 121 cm³/mol. The monoisotopic (exact) mass is 436 g/mol. The van der Waals surface area contributed by atoms with Gasteiger partial charge >= 0.3 is 0 Å². The van der Waals surface area contributed by atoms with Crippen LogP contribution in [0.2, 0.25) is 0 Å². The fourth-order valence-electron chi connectivity index (χ4n) is 4.89. The van der Waals surface area contributed by atoms with Gasteiger partial charge in [0, 0.05) is 37.3 Å². The summed E-state index contributed by atoms with van der Waals surface area (Å²) >= 11 is 0. The maximum atomic E-state index is 13.2. The second-order valence-electron chi connectivity index (χ2n) is 9.58. The van der Waals surface area contributed by atoms with E-state index in [1.54, 1.807) is 31.4 Å². The molecule has 1 amide bonds. The first-order chi connectivity index (χ1) is 15.2. The van der Waals surface area contributed by atoms with E-state index >= 15 is 0 Å². The standard InChI is InChI=1S/C24H28N4O4/c1-15(2)32-20-11-19-16(12-28(26-19)24-8-7-23(3,13-24)31-14-24)10-17(20)21(29)25-18-6-5-9-27(4)22(18)30/h5-6,9-12,15H,7-8,13-14H2,1-4H3,(H,25,29). The summed E-state index contributed by atoms with van der Waals surface area (Å²) < 4.78 is 15.4. The minimum atomic E-state index is -0.394. The molecule has 1 saturated heterocycles. The van der Waals surface area contributed by atoms with Crippen molar-refractivity contribution in [3.05, 3.63) is 52.6 Å². The van der Waals surface area contributed by atoms with E-state index in [0.29, 0.717) is 17.9 Å². The number of anilines is 1. The largest absolute Gasteiger partial charge is 0.490 e. The van der Waals surface area contributed by atoms with Crippen LogP contribution in [0.5, 0.6) is 5.75 Å². The number of carbonyl (C=O) groups excluding carboxylic acids is 1. The topological polar surface area (TPSA) is 87.4 Å². The lowest BCUT2D eigenvalue weighted by Gasteiger charge is -2.26. The summed E-state index contributed by atoms with van der Waals surface area (Å²) in [6, 6.07) is 6.91. The number of benzene rings is 1. The van der Waals surface area contributed by atoms with Gasteiger partial charge in [0.1, 0.15) is 11.4 Å². The van der Waals surface area contributed by atoms with Crippen LogP contribution in [0.25, 0.3) is 10.9 Å². The van der Waals surface area contributed by atoms with Crippen molar-refractivity contribution in [2.24, 2.45) is 7.05 Å². The van der Waals surface area contributed by atoms with E-state index in [1.807, 2.05) is 30.8 Å². The number of nitrogens with zero attached hydrogens (tertiary/aromatic N) is 3. The van der Waals surface area contributed by atoms with Crippen molar-refractivity contribution in [2.45, 2.75) is 57.3 Å². The summed E-state index contributed by atoms with van der Waals surface area (Å²) in [5.74, 6) is 0.0499. The summed E-state index contributed by atoms with van der Waals surface area (Å²) in [6.45, 7) is 6.63. The van der Waals surface area contributed by atoms with Crippen molar-refractivity contribution in [1.29, 1.82) is 0 Å². The lowest BCUT2D eigenvalue weighted by Crippen LogP contribution is -2.33. The van der Waals surface area contributed by atoms with Gasteiger partial charge in [-0.2, -0.15) is 5.10 Å². The van der Waals surface area contributed by atoms with Crippen LogP contribution in [0.15, 0.2) is 41.5 Å². The number of aryl methyl sites for hydroxylation is 1. The van der Waals surface area contributed by atoms with E-state index in [0.717, 1.165) is 30.2 Å². The number of fused-ring (bicyclic) bond motifs is 3. The molecule has 0 radical (unpaired) electrons. The third-order valence-corrected chi connectivity index (χ3v) is 6.58. The molecule has 1 aromatic carbocycles. The molecule has 1 aliphatic carbocycles. The fourth-order valence-corrected chi connectivity index (χ4v) is 4.89. The first-order valence-electron chi connectivity index (χ1n) is 11.0. The Bertz CT molecular complexity index is 1260. The number of aromatic nitrogens is 3. The molecule has 8 nitrogen and oxygen atoms in total. The first kappa shape index (κ1) is 20.8. The molecular formula is C24H28N4O4. The van der Waals surface area contributed by atoms with E-state index in [-0.39, 0.29) is 28.5 Å². The number of hydrogen-bond acceptors (Lipinski definition) is 5. The third-order valence-electron chi connectivity index (χ3n) is 6.58. The molecule has 3 aromatic rings. The molecule has 1 aliphatic heterocycles. The Morgan fingerprint density at radius 2 is 2.12 bits per heavy atom. The van der Waals surface area contributed by atoms with Gasteiger partial charge in [-0.15, -0.1) is 0 Å². The lowest BCUT2D eigenvalue weighted by atomic mass is 9.99. The van der Waals surface area contributed by atoms with Gasteiger partial charge in [-0.1, -0.05) is 0 Å². The van der Waals surface area contributed by atoms with Gasteiger partial charge in [0.15, 0.2) is 0 Å². The van der Waals surface area contributed by atoms with Gasteiger partial charge in [0.05, 0.1) is 34.9 Å². The molecule has 2 aromatic heterocycles. The average molecular weight is 437 g/mol. The molecule has 0 spiro atoms. The van der Waals surface area contributed by atoms with Crippen molar-refractivity contribution < 1.29 is 14.3 Å². The minimum absolute atomic E-state index is 0.0725. The van der Waals surface area contributed by atoms with Crippen LogP contribution in [0, 0.1) is 0 Å². The highest BCUT2D eigenvalue weighted by Crippen LogP contribution is 2.51. The zero-order valence-corrected chi connectivity index (χ0v) is 18.8. The molecule has 3 heterocycles. The van der Waals surface area contributed by atoms with Crippen molar-refractivity contribution in [3.63, 3.8) is 0 Å². The highest BCUT2D eigenvalue weighted by atomic mass is 16.5. The van der Waals surface area contributed by atoms with E-state index in [4.69, 9.17) is 14.6 Å². The number of hydrogen-bond donors (Lipinski definition) is 1.